The van der Waals surface area contributed by atoms with Crippen LogP contribution < -0.4 is 11.1 Å². The molecule has 0 aromatic heterocycles. The molecule has 0 aliphatic carbocycles. The number of carbonyl (C=O) groups is 1. The van der Waals surface area contributed by atoms with Crippen molar-refractivity contribution < 1.29 is 9.90 Å². The van der Waals surface area contributed by atoms with Crippen molar-refractivity contribution in [3.8, 4) is 0 Å². The number of hydrogen-bond acceptors (Lipinski definition) is 3. The van der Waals surface area contributed by atoms with E-state index in [4.69, 9.17) is 10.8 Å². The fraction of sp³-hybridized carbons (Fsp3) is 0.900. The minimum atomic E-state index is -0.929. The van der Waals surface area contributed by atoms with Crippen LogP contribution in [-0.4, -0.2) is 30.2 Å². The van der Waals surface area contributed by atoms with Crippen molar-refractivity contribution in [3.05, 3.63) is 0 Å². The van der Waals surface area contributed by atoms with Gasteiger partial charge in [0.05, 0.1) is 0 Å². The van der Waals surface area contributed by atoms with Crippen LogP contribution in [0.25, 0.3) is 0 Å². The molecule has 0 amide bonds. The molecule has 1 atom stereocenters. The van der Waals surface area contributed by atoms with Crippen LogP contribution >= 0.6 is 0 Å². The second-order valence-corrected chi connectivity index (χ2v) is 4.43. The molecule has 0 saturated heterocycles. The van der Waals surface area contributed by atoms with E-state index in [1.165, 1.54) is 0 Å². The van der Waals surface area contributed by atoms with Gasteiger partial charge in [-0.05, 0) is 24.8 Å². The molecule has 4 heteroatoms. The first-order valence-electron chi connectivity index (χ1n) is 5.08. The molecule has 0 aliphatic rings. The van der Waals surface area contributed by atoms with Crippen molar-refractivity contribution in [1.29, 1.82) is 0 Å². The van der Waals surface area contributed by atoms with E-state index in [9.17, 15) is 4.79 Å². The SMILES string of the molecule is CCC(C)(C)CNCCC(N)C(=O)O. The summed E-state index contributed by atoms with van der Waals surface area (Å²) in [7, 11) is 0. The van der Waals surface area contributed by atoms with E-state index in [-0.39, 0.29) is 5.41 Å². The summed E-state index contributed by atoms with van der Waals surface area (Å²) in [6, 6.07) is -0.743. The molecule has 0 fully saturated rings. The van der Waals surface area contributed by atoms with Crippen molar-refractivity contribution in [3.63, 3.8) is 0 Å². The van der Waals surface area contributed by atoms with Crippen molar-refractivity contribution in [2.45, 2.75) is 39.7 Å². The average Bonchev–Trinajstić information content (AvgIpc) is 2.12. The van der Waals surface area contributed by atoms with Gasteiger partial charge in [-0.1, -0.05) is 20.8 Å². The van der Waals surface area contributed by atoms with Gasteiger partial charge in [0, 0.05) is 6.54 Å². The molecule has 4 nitrogen and oxygen atoms in total. The fourth-order valence-corrected chi connectivity index (χ4v) is 0.933. The minimum absolute atomic E-state index is 0.271. The number of aliphatic carboxylic acids is 1. The molecule has 0 radical (unpaired) electrons. The zero-order valence-electron chi connectivity index (χ0n) is 9.34. The summed E-state index contributed by atoms with van der Waals surface area (Å²) >= 11 is 0. The molecule has 0 heterocycles. The first kappa shape index (κ1) is 13.4. The predicted octanol–water partition coefficient (Wildman–Crippen LogP) is 0.814. The van der Waals surface area contributed by atoms with E-state index < -0.39 is 12.0 Å². The zero-order chi connectivity index (χ0) is 11.2. The van der Waals surface area contributed by atoms with Gasteiger partial charge in [0.1, 0.15) is 6.04 Å². The van der Waals surface area contributed by atoms with Gasteiger partial charge in [-0.3, -0.25) is 4.79 Å². The van der Waals surface area contributed by atoms with E-state index >= 15 is 0 Å². The van der Waals surface area contributed by atoms with Crippen molar-refractivity contribution in [2.24, 2.45) is 11.1 Å². The van der Waals surface area contributed by atoms with Gasteiger partial charge in [0.2, 0.25) is 0 Å². The number of rotatable bonds is 7. The second-order valence-electron chi connectivity index (χ2n) is 4.43. The van der Waals surface area contributed by atoms with E-state index in [0.29, 0.717) is 13.0 Å². The van der Waals surface area contributed by atoms with E-state index in [1.807, 2.05) is 0 Å². The molecule has 0 aliphatic heterocycles. The Labute approximate surface area is 85.9 Å². The lowest BCUT2D eigenvalue weighted by Gasteiger charge is -2.23. The van der Waals surface area contributed by atoms with Gasteiger partial charge in [-0.25, -0.2) is 0 Å². The molecule has 4 N–H and O–H groups in total. The van der Waals surface area contributed by atoms with Gasteiger partial charge < -0.3 is 16.2 Å². The van der Waals surface area contributed by atoms with Crippen LogP contribution in [0.4, 0.5) is 0 Å². The van der Waals surface area contributed by atoms with Crippen molar-refractivity contribution >= 4 is 5.97 Å². The number of carboxylic acids is 1. The second kappa shape index (κ2) is 5.98. The molecule has 14 heavy (non-hydrogen) atoms. The smallest absolute Gasteiger partial charge is 0.320 e. The van der Waals surface area contributed by atoms with Crippen LogP contribution in [0.2, 0.25) is 0 Å². The van der Waals surface area contributed by atoms with Crippen molar-refractivity contribution in [1.82, 2.24) is 5.32 Å². The summed E-state index contributed by atoms with van der Waals surface area (Å²) in [4.78, 5) is 10.4. The number of hydrogen-bond donors (Lipinski definition) is 3. The molecular weight excluding hydrogens is 180 g/mol. The van der Waals surface area contributed by atoms with E-state index in [2.05, 4.69) is 26.1 Å². The summed E-state index contributed by atoms with van der Waals surface area (Å²) in [5.74, 6) is -0.929. The Balaban J connectivity index is 3.52. The predicted molar refractivity (Wildman–Crippen MR) is 57.2 cm³/mol. The third kappa shape index (κ3) is 5.94. The monoisotopic (exact) mass is 202 g/mol. The molecule has 1 unspecified atom stereocenters. The van der Waals surface area contributed by atoms with Gasteiger partial charge >= 0.3 is 5.97 Å². The molecule has 84 valence electrons. The summed E-state index contributed by atoms with van der Waals surface area (Å²) < 4.78 is 0. The maximum Gasteiger partial charge on any atom is 0.320 e. The molecule has 0 spiro atoms. The summed E-state index contributed by atoms with van der Waals surface area (Å²) in [6.45, 7) is 8.06. The van der Waals surface area contributed by atoms with Crippen LogP contribution in [0.1, 0.15) is 33.6 Å². The molecule has 0 rings (SSSR count). The van der Waals surface area contributed by atoms with Gasteiger partial charge in [0.25, 0.3) is 0 Å². The number of nitrogens with two attached hydrogens (primary N) is 1. The van der Waals surface area contributed by atoms with Gasteiger partial charge in [-0.2, -0.15) is 0 Å². The maximum atomic E-state index is 10.4. The Morgan fingerprint density at radius 3 is 2.57 bits per heavy atom. The van der Waals surface area contributed by atoms with Gasteiger partial charge in [0.15, 0.2) is 0 Å². The highest BCUT2D eigenvalue weighted by Gasteiger charge is 2.15. The fourth-order valence-electron chi connectivity index (χ4n) is 0.933. The van der Waals surface area contributed by atoms with Gasteiger partial charge in [-0.15, -0.1) is 0 Å². The third-order valence-electron chi connectivity index (χ3n) is 2.51. The Morgan fingerprint density at radius 2 is 2.14 bits per heavy atom. The highest BCUT2D eigenvalue weighted by Crippen LogP contribution is 2.17. The molecule has 0 aromatic carbocycles. The minimum Gasteiger partial charge on any atom is -0.480 e. The Morgan fingerprint density at radius 1 is 1.57 bits per heavy atom. The lowest BCUT2D eigenvalue weighted by molar-refractivity contribution is -0.138. The molecular formula is C10H22N2O2. The molecule has 0 bridgehead atoms. The Bertz CT molecular complexity index is 181. The Kier molecular flexibility index (Phi) is 5.72. The highest BCUT2D eigenvalue weighted by atomic mass is 16.4. The lowest BCUT2D eigenvalue weighted by atomic mass is 9.90. The van der Waals surface area contributed by atoms with Crippen LogP contribution in [-0.2, 0) is 4.79 Å². The molecule has 0 saturated carbocycles. The topological polar surface area (TPSA) is 75.3 Å². The van der Waals surface area contributed by atoms with Crippen LogP contribution in [0.15, 0.2) is 0 Å². The van der Waals surface area contributed by atoms with E-state index in [0.717, 1.165) is 13.0 Å². The standard InChI is InChI=1S/C10H22N2O2/c1-4-10(2,3)7-12-6-5-8(11)9(13)14/h8,12H,4-7,11H2,1-3H3,(H,13,14). The zero-order valence-corrected chi connectivity index (χ0v) is 9.34. The normalized spacial score (nSPS) is 14.0. The lowest BCUT2D eigenvalue weighted by Crippen LogP contribution is -2.36. The summed E-state index contributed by atoms with van der Waals surface area (Å²) in [6.07, 6.45) is 1.58. The summed E-state index contributed by atoms with van der Waals surface area (Å²) in [5, 5.41) is 11.8. The first-order chi connectivity index (χ1) is 6.39. The summed E-state index contributed by atoms with van der Waals surface area (Å²) in [5.41, 5.74) is 5.63. The number of nitrogens with one attached hydrogen (secondary N) is 1. The maximum absolute atomic E-state index is 10.4. The van der Waals surface area contributed by atoms with E-state index in [1.54, 1.807) is 0 Å². The largest absolute Gasteiger partial charge is 0.480 e. The Hall–Kier alpha value is -0.610. The average molecular weight is 202 g/mol. The quantitative estimate of drug-likeness (QED) is 0.534. The molecule has 0 aromatic rings. The van der Waals surface area contributed by atoms with Crippen LogP contribution in [0, 0.1) is 5.41 Å². The first-order valence-corrected chi connectivity index (χ1v) is 5.08. The third-order valence-corrected chi connectivity index (χ3v) is 2.51. The van der Waals surface area contributed by atoms with Crippen LogP contribution in [0.5, 0.6) is 0 Å². The highest BCUT2D eigenvalue weighted by molar-refractivity contribution is 5.72. The van der Waals surface area contributed by atoms with Crippen LogP contribution in [0.3, 0.4) is 0 Å². The number of carboxylic acid groups (broad SMARTS) is 1. The van der Waals surface area contributed by atoms with Crippen molar-refractivity contribution in [2.75, 3.05) is 13.1 Å².